The predicted octanol–water partition coefficient (Wildman–Crippen LogP) is 5.81. The Bertz CT molecular complexity index is 585. The smallest absolute Gasteiger partial charge is 0 e. The molecule has 0 radical (unpaired) electrons. The molecule has 4 rings (SSSR count). The van der Waals surface area contributed by atoms with Crippen molar-refractivity contribution in [2.45, 2.75) is 51.4 Å². The molecule has 2 aliphatic carbocycles. The second-order valence-electron chi connectivity index (χ2n) is 6.21. The summed E-state index contributed by atoms with van der Waals surface area (Å²) in [6.07, 6.45) is 10.4. The molecule has 0 saturated heterocycles. The summed E-state index contributed by atoms with van der Waals surface area (Å²) in [7, 11) is 0. The van der Waals surface area contributed by atoms with Gasteiger partial charge in [0.25, 0.3) is 0 Å². The fourth-order valence-electron chi connectivity index (χ4n) is 3.97. The minimum absolute atomic E-state index is 0. The van der Waals surface area contributed by atoms with Crippen molar-refractivity contribution in [3.8, 4) is 11.1 Å². The van der Waals surface area contributed by atoms with Crippen LogP contribution in [-0.4, -0.2) is 0 Å². The Kier molecular flexibility index (Phi) is 7.70. The number of rotatable bonds is 1. The normalized spacial score (nSPS) is 15.1. The maximum Gasteiger partial charge on any atom is 0 e. The molecule has 126 valence electrons. The van der Waals surface area contributed by atoms with Crippen molar-refractivity contribution in [3.05, 3.63) is 73.5 Å². The molecule has 2 aromatic rings. The maximum atomic E-state index is 3.56. The first-order chi connectivity index (χ1) is 9.93. The summed E-state index contributed by atoms with van der Waals surface area (Å²) in [4.78, 5) is 0. The van der Waals surface area contributed by atoms with Gasteiger partial charge >= 0.3 is 0 Å². The Morgan fingerprint density at radius 1 is 0.696 bits per heavy atom. The Labute approximate surface area is 155 Å². The van der Waals surface area contributed by atoms with Crippen molar-refractivity contribution >= 4 is 0 Å². The molecule has 0 heterocycles. The zero-order chi connectivity index (χ0) is 13.4. The summed E-state index contributed by atoms with van der Waals surface area (Å²) >= 11 is 0. The fourth-order valence-corrected chi connectivity index (χ4v) is 3.97. The van der Waals surface area contributed by atoms with Crippen LogP contribution in [0, 0.1) is 20.9 Å². The first kappa shape index (κ1) is 20.1. The van der Waals surface area contributed by atoms with Crippen LogP contribution in [0.5, 0.6) is 0 Å². The summed E-state index contributed by atoms with van der Waals surface area (Å²) in [6.45, 7) is 0. The third-order valence-corrected chi connectivity index (χ3v) is 4.99. The first-order valence-corrected chi connectivity index (χ1v) is 8.07. The summed E-state index contributed by atoms with van der Waals surface area (Å²) < 4.78 is 0. The SMILES string of the molecule is [CH3-].[CH3-].[Os].[c-]1ccc2c(c1-c1cccc3c1CCCC3)CCCC2. The van der Waals surface area contributed by atoms with Gasteiger partial charge in [-0.1, -0.05) is 54.2 Å². The van der Waals surface area contributed by atoms with E-state index in [1.54, 1.807) is 22.3 Å². The van der Waals surface area contributed by atoms with Gasteiger partial charge in [-0.3, -0.25) is 0 Å². The molecule has 0 fully saturated rings. The van der Waals surface area contributed by atoms with E-state index in [-0.39, 0.29) is 34.6 Å². The van der Waals surface area contributed by atoms with Crippen LogP contribution in [0.4, 0.5) is 0 Å². The average Bonchev–Trinajstić information content (AvgIpc) is 2.54. The summed E-state index contributed by atoms with van der Waals surface area (Å²) in [6, 6.07) is 14.9. The molecule has 0 aromatic heterocycles. The number of fused-ring (bicyclic) bond motifs is 2. The number of aryl methyl sites for hydroxylation is 2. The second-order valence-corrected chi connectivity index (χ2v) is 6.21. The quantitative estimate of drug-likeness (QED) is 0.451. The van der Waals surface area contributed by atoms with Crippen LogP contribution in [0.15, 0.2) is 30.3 Å². The van der Waals surface area contributed by atoms with Crippen LogP contribution in [-0.2, 0) is 45.5 Å². The molecule has 0 saturated carbocycles. The zero-order valence-corrected chi connectivity index (χ0v) is 16.9. The van der Waals surface area contributed by atoms with E-state index in [0.29, 0.717) is 0 Å². The van der Waals surface area contributed by atoms with Crippen LogP contribution < -0.4 is 0 Å². The van der Waals surface area contributed by atoms with Crippen LogP contribution >= 0.6 is 0 Å². The standard InChI is InChI=1S/C20H21.2CH3.Os/c1-3-11-17-15(7-1)9-5-13-19(17)20-14-6-10-16-8-2-4-12-18(16)20;;;/h5-6,9-10,13H,1-4,7-8,11-12H2;2*1H3;/q3*-1;. The van der Waals surface area contributed by atoms with Gasteiger partial charge in [-0.25, -0.2) is 0 Å². The number of hydrogen-bond donors (Lipinski definition) is 0. The molecule has 0 nitrogen and oxygen atoms in total. The molecule has 0 bridgehead atoms. The largest absolute Gasteiger partial charge is 0.358 e. The minimum atomic E-state index is 0. The summed E-state index contributed by atoms with van der Waals surface area (Å²) in [5.74, 6) is 0. The Hall–Kier alpha value is -0.924. The first-order valence-electron chi connectivity index (χ1n) is 8.07. The summed E-state index contributed by atoms with van der Waals surface area (Å²) in [5, 5.41) is 0. The van der Waals surface area contributed by atoms with E-state index in [0.717, 1.165) is 0 Å². The van der Waals surface area contributed by atoms with Gasteiger partial charge in [0.05, 0.1) is 0 Å². The zero-order valence-electron chi connectivity index (χ0n) is 14.4. The topological polar surface area (TPSA) is 0 Å². The molecule has 2 aromatic carbocycles. The molecule has 1 heteroatoms. The molecule has 23 heavy (non-hydrogen) atoms. The van der Waals surface area contributed by atoms with E-state index in [1.165, 1.54) is 62.5 Å². The van der Waals surface area contributed by atoms with E-state index in [2.05, 4.69) is 36.4 Å². The maximum absolute atomic E-state index is 3.56. The molecule has 0 amide bonds. The third kappa shape index (κ3) is 3.77. The van der Waals surface area contributed by atoms with E-state index < -0.39 is 0 Å². The minimum Gasteiger partial charge on any atom is -0.358 e. The van der Waals surface area contributed by atoms with Crippen molar-refractivity contribution in [2.75, 3.05) is 0 Å². The Balaban J connectivity index is 0.000000882. The molecular formula is C22H27Os-3. The molecule has 0 aliphatic heterocycles. The Morgan fingerprint density at radius 2 is 1.30 bits per heavy atom. The van der Waals surface area contributed by atoms with Crippen LogP contribution in [0.1, 0.15) is 47.9 Å². The third-order valence-electron chi connectivity index (χ3n) is 4.99. The van der Waals surface area contributed by atoms with Gasteiger partial charge in [-0.05, 0) is 32.1 Å². The van der Waals surface area contributed by atoms with Crippen LogP contribution in [0.25, 0.3) is 11.1 Å². The van der Waals surface area contributed by atoms with Gasteiger partial charge in [0.1, 0.15) is 0 Å². The molecule has 0 unspecified atom stereocenters. The van der Waals surface area contributed by atoms with Gasteiger partial charge in [-0.2, -0.15) is 0 Å². The van der Waals surface area contributed by atoms with Crippen molar-refractivity contribution in [1.82, 2.24) is 0 Å². The van der Waals surface area contributed by atoms with Crippen molar-refractivity contribution in [1.29, 1.82) is 0 Å². The van der Waals surface area contributed by atoms with Crippen molar-refractivity contribution in [2.24, 2.45) is 0 Å². The van der Waals surface area contributed by atoms with Gasteiger partial charge in [0, 0.05) is 19.8 Å². The molecule has 0 N–H and O–H groups in total. The van der Waals surface area contributed by atoms with Crippen LogP contribution in [0.3, 0.4) is 0 Å². The van der Waals surface area contributed by atoms with Crippen molar-refractivity contribution in [3.63, 3.8) is 0 Å². The van der Waals surface area contributed by atoms with Gasteiger partial charge < -0.3 is 14.9 Å². The van der Waals surface area contributed by atoms with E-state index >= 15 is 0 Å². The monoisotopic (exact) mass is 483 g/mol. The van der Waals surface area contributed by atoms with E-state index in [9.17, 15) is 0 Å². The van der Waals surface area contributed by atoms with E-state index in [4.69, 9.17) is 0 Å². The van der Waals surface area contributed by atoms with Crippen molar-refractivity contribution < 1.29 is 19.8 Å². The predicted molar refractivity (Wildman–Crippen MR) is 96.8 cm³/mol. The number of hydrogen-bond acceptors (Lipinski definition) is 0. The Morgan fingerprint density at radius 3 is 2.04 bits per heavy atom. The van der Waals surface area contributed by atoms with Crippen LogP contribution in [0.2, 0.25) is 0 Å². The fraction of sp³-hybridized carbons (Fsp3) is 0.364. The van der Waals surface area contributed by atoms with Gasteiger partial charge in [0.2, 0.25) is 0 Å². The van der Waals surface area contributed by atoms with E-state index in [1.807, 2.05) is 0 Å². The number of benzene rings is 2. The molecular weight excluding hydrogens is 454 g/mol. The second kappa shape index (κ2) is 8.80. The van der Waals surface area contributed by atoms with Gasteiger partial charge in [0.15, 0.2) is 0 Å². The molecule has 0 spiro atoms. The van der Waals surface area contributed by atoms with Gasteiger partial charge in [-0.15, -0.1) is 34.9 Å². The summed E-state index contributed by atoms with van der Waals surface area (Å²) in [5.41, 5.74) is 9.21. The average molecular weight is 482 g/mol. The molecule has 0 atom stereocenters. The molecule has 2 aliphatic rings.